The first kappa shape index (κ1) is 11.1. The highest BCUT2D eigenvalue weighted by Crippen LogP contribution is 2.20. The van der Waals surface area contributed by atoms with E-state index >= 15 is 0 Å². The van der Waals surface area contributed by atoms with Crippen molar-refractivity contribution >= 4 is 11.6 Å². The van der Waals surface area contributed by atoms with E-state index in [1.807, 2.05) is 0 Å². The van der Waals surface area contributed by atoms with Gasteiger partial charge in [0, 0.05) is 26.8 Å². The summed E-state index contributed by atoms with van der Waals surface area (Å²) in [6, 6.07) is 0. The molecule has 0 radical (unpaired) electrons. The van der Waals surface area contributed by atoms with Crippen LogP contribution in [0.15, 0.2) is 12.4 Å². The van der Waals surface area contributed by atoms with Gasteiger partial charge in [0.05, 0.1) is 18.1 Å². The monoisotopic (exact) mass is 222 g/mol. The first-order valence-electron chi connectivity index (χ1n) is 5.61. The third-order valence-corrected chi connectivity index (χ3v) is 2.96. The van der Waals surface area contributed by atoms with Crippen molar-refractivity contribution in [2.45, 2.75) is 12.8 Å². The van der Waals surface area contributed by atoms with Gasteiger partial charge in [-0.05, 0) is 18.8 Å². The van der Waals surface area contributed by atoms with Crippen molar-refractivity contribution in [2.75, 3.05) is 37.4 Å². The highest BCUT2D eigenvalue weighted by Gasteiger charge is 2.20. The lowest BCUT2D eigenvalue weighted by molar-refractivity contribution is 0.139. The van der Waals surface area contributed by atoms with Gasteiger partial charge in [-0.3, -0.25) is 0 Å². The van der Waals surface area contributed by atoms with E-state index in [0.29, 0.717) is 11.6 Å². The molecule has 2 N–H and O–H groups in total. The SMILES string of the molecule is COCC1CCN(c2ncc(N)cn2)CC1. The molecule has 1 aromatic rings. The minimum absolute atomic E-state index is 0.609. The first-order chi connectivity index (χ1) is 7.79. The molecule has 0 unspecified atom stereocenters. The van der Waals surface area contributed by atoms with E-state index in [0.717, 1.165) is 38.5 Å². The van der Waals surface area contributed by atoms with Gasteiger partial charge in [0.2, 0.25) is 5.95 Å². The van der Waals surface area contributed by atoms with Crippen molar-refractivity contribution in [3.63, 3.8) is 0 Å². The van der Waals surface area contributed by atoms with E-state index in [-0.39, 0.29) is 0 Å². The van der Waals surface area contributed by atoms with Crippen molar-refractivity contribution in [1.82, 2.24) is 9.97 Å². The second-order valence-electron chi connectivity index (χ2n) is 4.20. The maximum atomic E-state index is 5.56. The third kappa shape index (κ3) is 2.61. The first-order valence-corrected chi connectivity index (χ1v) is 5.61. The Hall–Kier alpha value is -1.36. The van der Waals surface area contributed by atoms with Crippen LogP contribution in [0.2, 0.25) is 0 Å². The lowest BCUT2D eigenvalue weighted by Gasteiger charge is -2.31. The Morgan fingerprint density at radius 1 is 1.38 bits per heavy atom. The van der Waals surface area contributed by atoms with Gasteiger partial charge >= 0.3 is 0 Å². The number of piperidine rings is 1. The minimum Gasteiger partial charge on any atom is -0.396 e. The van der Waals surface area contributed by atoms with Gasteiger partial charge in [-0.2, -0.15) is 0 Å². The summed E-state index contributed by atoms with van der Waals surface area (Å²) in [6.07, 6.45) is 5.59. The number of nitrogens with two attached hydrogens (primary N) is 1. The van der Waals surface area contributed by atoms with Gasteiger partial charge in [-0.25, -0.2) is 9.97 Å². The van der Waals surface area contributed by atoms with Gasteiger partial charge in [-0.1, -0.05) is 0 Å². The summed E-state index contributed by atoms with van der Waals surface area (Å²) < 4.78 is 5.17. The quantitative estimate of drug-likeness (QED) is 0.824. The molecule has 2 heterocycles. The lowest BCUT2D eigenvalue weighted by Crippen LogP contribution is -2.36. The van der Waals surface area contributed by atoms with Crippen LogP contribution in [0, 0.1) is 5.92 Å². The van der Waals surface area contributed by atoms with Crippen molar-refractivity contribution in [1.29, 1.82) is 0 Å². The molecule has 0 bridgehead atoms. The van der Waals surface area contributed by atoms with Crippen LogP contribution in [0.25, 0.3) is 0 Å². The van der Waals surface area contributed by atoms with Crippen molar-refractivity contribution in [3.05, 3.63) is 12.4 Å². The van der Waals surface area contributed by atoms with E-state index in [2.05, 4.69) is 14.9 Å². The van der Waals surface area contributed by atoms with Crippen molar-refractivity contribution in [2.24, 2.45) is 5.92 Å². The van der Waals surface area contributed by atoms with Crippen LogP contribution in [0.1, 0.15) is 12.8 Å². The number of hydrogen-bond donors (Lipinski definition) is 1. The highest BCUT2D eigenvalue weighted by molar-refractivity contribution is 5.38. The Bertz CT molecular complexity index is 319. The average Bonchev–Trinajstić information content (AvgIpc) is 2.32. The van der Waals surface area contributed by atoms with E-state index in [1.165, 1.54) is 0 Å². The zero-order valence-electron chi connectivity index (χ0n) is 9.59. The van der Waals surface area contributed by atoms with Crippen LogP contribution >= 0.6 is 0 Å². The second-order valence-corrected chi connectivity index (χ2v) is 4.20. The molecule has 5 nitrogen and oxygen atoms in total. The smallest absolute Gasteiger partial charge is 0.225 e. The van der Waals surface area contributed by atoms with Gasteiger partial charge < -0.3 is 15.4 Å². The Morgan fingerprint density at radius 3 is 2.56 bits per heavy atom. The summed E-state index contributed by atoms with van der Waals surface area (Å²) >= 11 is 0. The molecule has 2 rings (SSSR count). The number of methoxy groups -OCH3 is 1. The largest absolute Gasteiger partial charge is 0.396 e. The Morgan fingerprint density at radius 2 is 2.00 bits per heavy atom. The number of hydrogen-bond acceptors (Lipinski definition) is 5. The topological polar surface area (TPSA) is 64.3 Å². The summed E-state index contributed by atoms with van der Waals surface area (Å²) in [7, 11) is 1.76. The van der Waals surface area contributed by atoms with Gasteiger partial charge in [-0.15, -0.1) is 0 Å². The average molecular weight is 222 g/mol. The lowest BCUT2D eigenvalue weighted by atomic mass is 9.98. The maximum absolute atomic E-state index is 5.56. The van der Waals surface area contributed by atoms with Crippen molar-refractivity contribution < 1.29 is 4.74 Å². The van der Waals surface area contributed by atoms with Crippen LogP contribution in [-0.2, 0) is 4.74 Å². The fourth-order valence-electron chi connectivity index (χ4n) is 2.03. The summed E-state index contributed by atoms with van der Waals surface area (Å²) in [5, 5.41) is 0. The molecule has 1 aromatic heterocycles. The highest BCUT2D eigenvalue weighted by atomic mass is 16.5. The van der Waals surface area contributed by atoms with Gasteiger partial charge in [0.25, 0.3) is 0 Å². The molecular formula is C11H18N4O. The predicted octanol–water partition coefficient (Wildman–Crippen LogP) is 0.922. The van der Waals surface area contributed by atoms with Crippen LogP contribution in [0.4, 0.5) is 11.6 Å². The summed E-state index contributed by atoms with van der Waals surface area (Å²) in [5.41, 5.74) is 6.17. The number of ether oxygens (including phenoxy) is 1. The molecule has 88 valence electrons. The summed E-state index contributed by atoms with van der Waals surface area (Å²) in [5.74, 6) is 1.46. The maximum Gasteiger partial charge on any atom is 0.225 e. The van der Waals surface area contributed by atoms with E-state index in [1.54, 1.807) is 19.5 Å². The molecule has 0 saturated carbocycles. The fraction of sp³-hybridized carbons (Fsp3) is 0.636. The molecule has 1 aliphatic heterocycles. The molecule has 0 aliphatic carbocycles. The number of nitrogen functional groups attached to an aromatic ring is 1. The molecule has 0 amide bonds. The predicted molar refractivity (Wildman–Crippen MR) is 63.3 cm³/mol. The number of anilines is 2. The molecular weight excluding hydrogens is 204 g/mol. The summed E-state index contributed by atoms with van der Waals surface area (Å²) in [4.78, 5) is 10.7. The zero-order chi connectivity index (χ0) is 11.4. The number of nitrogens with zero attached hydrogens (tertiary/aromatic N) is 3. The normalized spacial score (nSPS) is 17.7. The minimum atomic E-state index is 0.609. The number of rotatable bonds is 3. The Balaban J connectivity index is 1.91. The molecule has 0 atom stereocenters. The summed E-state index contributed by atoms with van der Waals surface area (Å²) in [6.45, 7) is 2.85. The third-order valence-electron chi connectivity index (χ3n) is 2.96. The van der Waals surface area contributed by atoms with Crippen molar-refractivity contribution in [3.8, 4) is 0 Å². The van der Waals surface area contributed by atoms with Crippen LogP contribution < -0.4 is 10.6 Å². The molecule has 5 heteroatoms. The molecule has 0 aromatic carbocycles. The van der Waals surface area contributed by atoms with Gasteiger partial charge in [0.1, 0.15) is 0 Å². The van der Waals surface area contributed by atoms with E-state index in [9.17, 15) is 0 Å². The molecule has 16 heavy (non-hydrogen) atoms. The molecule has 0 spiro atoms. The van der Waals surface area contributed by atoms with Crippen LogP contribution in [0.3, 0.4) is 0 Å². The molecule has 1 fully saturated rings. The fourth-order valence-corrected chi connectivity index (χ4v) is 2.03. The number of aromatic nitrogens is 2. The standard InChI is InChI=1S/C11H18N4O/c1-16-8-9-2-4-15(5-3-9)11-13-6-10(12)7-14-11/h6-7,9H,2-5,8,12H2,1H3. The van der Waals surface area contributed by atoms with E-state index in [4.69, 9.17) is 10.5 Å². The van der Waals surface area contributed by atoms with Crippen LogP contribution in [-0.4, -0.2) is 36.8 Å². The van der Waals surface area contributed by atoms with E-state index < -0.39 is 0 Å². The van der Waals surface area contributed by atoms with Crippen LogP contribution in [0.5, 0.6) is 0 Å². The van der Waals surface area contributed by atoms with Gasteiger partial charge in [0.15, 0.2) is 0 Å². The second kappa shape index (κ2) is 5.12. The zero-order valence-corrected chi connectivity index (χ0v) is 9.59. The Kier molecular flexibility index (Phi) is 3.56. The Labute approximate surface area is 95.6 Å². The molecule has 1 saturated heterocycles. The molecule has 1 aliphatic rings.